The number of hydrogen-bond acceptors (Lipinski definition) is 6. The summed E-state index contributed by atoms with van der Waals surface area (Å²) in [5.74, 6) is -1.33. The summed E-state index contributed by atoms with van der Waals surface area (Å²) in [6.07, 6.45) is -1.36. The third-order valence-electron chi connectivity index (χ3n) is 2.72. The zero-order chi connectivity index (χ0) is 14.3. The van der Waals surface area contributed by atoms with Gasteiger partial charge in [-0.1, -0.05) is 0 Å². The lowest BCUT2D eigenvalue weighted by molar-refractivity contribution is -0.146. The molecule has 0 spiro atoms. The highest BCUT2D eigenvalue weighted by Crippen LogP contribution is 2.10. The second-order valence-electron chi connectivity index (χ2n) is 4.26. The molecule has 2 unspecified atom stereocenters. The largest absolute Gasteiger partial charge is 0.480 e. The first-order valence-electron chi connectivity index (χ1n) is 6.02. The van der Waals surface area contributed by atoms with Gasteiger partial charge >= 0.3 is 5.97 Å². The number of nitrogens with zero attached hydrogens (tertiary/aromatic N) is 1. The van der Waals surface area contributed by atoms with E-state index in [0.29, 0.717) is 13.0 Å². The highest BCUT2D eigenvalue weighted by Gasteiger charge is 2.28. The van der Waals surface area contributed by atoms with Crippen LogP contribution < -0.4 is 0 Å². The molecule has 110 valence electrons. The number of carbonyl (C=O) groups excluding carboxylic acids is 1. The molecule has 0 aromatic carbocycles. The van der Waals surface area contributed by atoms with E-state index in [0.717, 1.165) is 0 Å². The Morgan fingerprint density at radius 1 is 1.11 bits per heavy atom. The van der Waals surface area contributed by atoms with E-state index in [2.05, 4.69) is 0 Å². The molecule has 0 aromatic rings. The van der Waals surface area contributed by atoms with Gasteiger partial charge in [0.25, 0.3) is 0 Å². The highest BCUT2D eigenvalue weighted by atomic mass is 16.5. The zero-order valence-corrected chi connectivity index (χ0v) is 10.5. The van der Waals surface area contributed by atoms with Crippen LogP contribution in [0.15, 0.2) is 0 Å². The second-order valence-corrected chi connectivity index (χ2v) is 4.26. The van der Waals surface area contributed by atoms with Crippen LogP contribution in [-0.2, 0) is 19.1 Å². The van der Waals surface area contributed by atoms with Crippen molar-refractivity contribution < 1.29 is 34.4 Å². The van der Waals surface area contributed by atoms with Crippen molar-refractivity contribution in [3.05, 3.63) is 0 Å². The van der Waals surface area contributed by atoms with Crippen molar-refractivity contribution in [1.82, 2.24) is 4.90 Å². The Labute approximate surface area is 110 Å². The molecule has 1 aliphatic heterocycles. The Bertz CT molecular complexity index is 309. The maximum Gasteiger partial charge on any atom is 0.329 e. The lowest BCUT2D eigenvalue weighted by Gasteiger charge is -2.33. The fourth-order valence-corrected chi connectivity index (χ4v) is 1.67. The van der Waals surface area contributed by atoms with Crippen LogP contribution in [0.1, 0.15) is 6.42 Å². The summed E-state index contributed by atoms with van der Waals surface area (Å²) in [4.78, 5) is 23.2. The summed E-state index contributed by atoms with van der Waals surface area (Å²) in [6.45, 7) is 0.153. The van der Waals surface area contributed by atoms with Crippen molar-refractivity contribution in [1.29, 1.82) is 0 Å². The Hall–Kier alpha value is -1.22. The van der Waals surface area contributed by atoms with E-state index >= 15 is 0 Å². The van der Waals surface area contributed by atoms with Crippen molar-refractivity contribution in [2.24, 2.45) is 0 Å². The summed E-state index contributed by atoms with van der Waals surface area (Å²) in [5.41, 5.74) is 0. The van der Waals surface area contributed by atoms with E-state index < -0.39 is 24.8 Å². The number of hydrogen-bond donors (Lipinski definition) is 3. The molecule has 0 aromatic heterocycles. The van der Waals surface area contributed by atoms with Crippen molar-refractivity contribution >= 4 is 11.9 Å². The van der Waals surface area contributed by atoms with Crippen molar-refractivity contribution in [2.45, 2.75) is 18.6 Å². The SMILES string of the molecule is O=C(O)COCCOCC(=O)N1CCC(O)C(O)C1. The number of carboxylic acid groups (broad SMARTS) is 1. The molecule has 1 aliphatic rings. The van der Waals surface area contributed by atoms with E-state index in [1.54, 1.807) is 0 Å². The van der Waals surface area contributed by atoms with Gasteiger partial charge in [0.1, 0.15) is 13.2 Å². The molecule has 0 radical (unpaired) electrons. The maximum atomic E-state index is 11.7. The summed E-state index contributed by atoms with van der Waals surface area (Å²) < 4.78 is 9.77. The molecule has 0 saturated carbocycles. The molecule has 1 amide bonds. The Balaban J connectivity index is 2.09. The van der Waals surface area contributed by atoms with Gasteiger partial charge in [0.05, 0.1) is 25.4 Å². The van der Waals surface area contributed by atoms with Crippen LogP contribution in [-0.4, -0.2) is 83.8 Å². The number of rotatable bonds is 7. The molecule has 8 heteroatoms. The van der Waals surface area contributed by atoms with Crippen molar-refractivity contribution in [2.75, 3.05) is 39.5 Å². The third-order valence-corrected chi connectivity index (χ3v) is 2.72. The molecule has 1 heterocycles. The van der Waals surface area contributed by atoms with Gasteiger partial charge in [-0.15, -0.1) is 0 Å². The van der Waals surface area contributed by atoms with Gasteiger partial charge in [0, 0.05) is 13.1 Å². The normalized spacial score (nSPS) is 23.4. The lowest BCUT2D eigenvalue weighted by Crippen LogP contribution is -2.50. The molecular formula is C11H19NO7. The molecule has 2 atom stereocenters. The van der Waals surface area contributed by atoms with Crippen molar-refractivity contribution in [3.8, 4) is 0 Å². The molecule has 0 aliphatic carbocycles. The minimum absolute atomic E-state index is 0.0961. The summed E-state index contributed by atoms with van der Waals surface area (Å²) in [7, 11) is 0. The van der Waals surface area contributed by atoms with Crippen LogP contribution in [0.3, 0.4) is 0 Å². The number of carboxylic acids is 1. The predicted octanol–water partition coefficient (Wildman–Crippen LogP) is -1.94. The standard InChI is InChI=1S/C11H19NO7/c13-8-1-2-12(5-9(8)14)10(15)6-18-3-4-19-7-11(16)17/h8-9,13-14H,1-7H2,(H,16,17). The first-order valence-corrected chi connectivity index (χ1v) is 6.02. The number of β-amino-alcohol motifs (C(OH)–C–C–N with tert-alkyl or cyclic N) is 1. The van der Waals surface area contributed by atoms with E-state index in [9.17, 15) is 19.8 Å². The topological polar surface area (TPSA) is 117 Å². The summed E-state index contributed by atoms with van der Waals surface area (Å²) >= 11 is 0. The third kappa shape index (κ3) is 5.97. The first kappa shape index (κ1) is 15.8. The van der Waals surface area contributed by atoms with Crippen LogP contribution in [0.2, 0.25) is 0 Å². The van der Waals surface area contributed by atoms with Crippen LogP contribution in [0.25, 0.3) is 0 Å². The van der Waals surface area contributed by atoms with E-state index in [4.69, 9.17) is 14.6 Å². The number of aliphatic hydroxyl groups is 2. The quantitative estimate of drug-likeness (QED) is 0.463. The Kier molecular flexibility index (Phi) is 6.71. The van der Waals surface area contributed by atoms with Crippen LogP contribution in [0.4, 0.5) is 0 Å². The fourth-order valence-electron chi connectivity index (χ4n) is 1.67. The van der Waals surface area contributed by atoms with Gasteiger partial charge in [-0.25, -0.2) is 4.79 Å². The molecule has 1 fully saturated rings. The van der Waals surface area contributed by atoms with E-state index in [1.165, 1.54) is 4.90 Å². The molecule has 1 rings (SSSR count). The Morgan fingerprint density at radius 2 is 1.74 bits per heavy atom. The van der Waals surface area contributed by atoms with Crippen LogP contribution in [0.5, 0.6) is 0 Å². The van der Waals surface area contributed by atoms with E-state index in [1.807, 2.05) is 0 Å². The molecule has 8 nitrogen and oxygen atoms in total. The maximum absolute atomic E-state index is 11.7. The van der Waals surface area contributed by atoms with Gasteiger partial charge < -0.3 is 29.7 Å². The number of aliphatic hydroxyl groups excluding tert-OH is 2. The second kappa shape index (κ2) is 8.05. The van der Waals surface area contributed by atoms with Crippen LogP contribution >= 0.6 is 0 Å². The van der Waals surface area contributed by atoms with E-state index in [-0.39, 0.29) is 32.3 Å². The van der Waals surface area contributed by atoms with Gasteiger partial charge in [-0.3, -0.25) is 4.79 Å². The minimum atomic E-state index is -1.06. The zero-order valence-electron chi connectivity index (χ0n) is 10.5. The van der Waals surface area contributed by atoms with Gasteiger partial charge in [0.2, 0.25) is 5.91 Å². The summed E-state index contributed by atoms with van der Waals surface area (Å²) in [6, 6.07) is 0. The van der Waals surface area contributed by atoms with Crippen LogP contribution in [0, 0.1) is 0 Å². The number of likely N-dealkylation sites (tertiary alicyclic amines) is 1. The smallest absolute Gasteiger partial charge is 0.329 e. The molecule has 1 saturated heterocycles. The van der Waals surface area contributed by atoms with Gasteiger partial charge in [-0.05, 0) is 6.42 Å². The fraction of sp³-hybridized carbons (Fsp3) is 0.818. The lowest BCUT2D eigenvalue weighted by atomic mass is 10.1. The number of aliphatic carboxylic acids is 1. The molecule has 19 heavy (non-hydrogen) atoms. The first-order chi connectivity index (χ1) is 9.00. The average molecular weight is 277 g/mol. The number of carbonyl (C=O) groups is 2. The summed E-state index contributed by atoms with van der Waals surface area (Å²) in [5, 5.41) is 27.0. The minimum Gasteiger partial charge on any atom is -0.480 e. The van der Waals surface area contributed by atoms with Gasteiger partial charge in [0.15, 0.2) is 0 Å². The number of piperidine rings is 1. The van der Waals surface area contributed by atoms with Gasteiger partial charge in [-0.2, -0.15) is 0 Å². The molecule has 3 N–H and O–H groups in total. The highest BCUT2D eigenvalue weighted by molar-refractivity contribution is 5.77. The molecular weight excluding hydrogens is 258 g/mol. The number of amides is 1. The Morgan fingerprint density at radius 3 is 2.32 bits per heavy atom. The monoisotopic (exact) mass is 277 g/mol. The average Bonchev–Trinajstić information content (AvgIpc) is 2.36. The molecule has 0 bridgehead atoms. The number of ether oxygens (including phenoxy) is 2. The van der Waals surface area contributed by atoms with Crippen molar-refractivity contribution in [3.63, 3.8) is 0 Å². The predicted molar refractivity (Wildman–Crippen MR) is 62.5 cm³/mol.